The van der Waals surface area contributed by atoms with Crippen molar-refractivity contribution >= 4 is 21.6 Å². The Bertz CT molecular complexity index is 946. The van der Waals surface area contributed by atoms with Crippen LogP contribution in [-0.2, 0) is 21.2 Å². The van der Waals surface area contributed by atoms with Gasteiger partial charge in [-0.3, -0.25) is 9.10 Å². The van der Waals surface area contributed by atoms with Crippen molar-refractivity contribution < 1.29 is 22.7 Å². The highest BCUT2D eigenvalue weighted by molar-refractivity contribution is 7.92. The highest BCUT2D eigenvalue weighted by atomic mass is 32.2. The van der Waals surface area contributed by atoms with Gasteiger partial charge in [-0.25, -0.2) is 8.42 Å². The van der Waals surface area contributed by atoms with Crippen LogP contribution in [0.15, 0.2) is 48.5 Å². The van der Waals surface area contributed by atoms with Gasteiger partial charge in [0.15, 0.2) is 0 Å². The number of ether oxygens (including phenoxy) is 2. The molecule has 0 saturated carbocycles. The lowest BCUT2D eigenvalue weighted by molar-refractivity contribution is -0.119. The molecule has 0 aliphatic rings. The number of benzene rings is 2. The Morgan fingerprint density at radius 2 is 1.84 bits per heavy atom. The summed E-state index contributed by atoms with van der Waals surface area (Å²) in [4.78, 5) is 12.4. The minimum absolute atomic E-state index is 0.287. The Labute approximate surface area is 185 Å². The van der Waals surface area contributed by atoms with Crippen molar-refractivity contribution in [2.24, 2.45) is 0 Å². The molecule has 1 amide bonds. The Hall–Kier alpha value is -2.74. The molecule has 2 aromatic carbocycles. The molecule has 0 aliphatic carbocycles. The van der Waals surface area contributed by atoms with Crippen molar-refractivity contribution in [2.45, 2.75) is 33.1 Å². The topological polar surface area (TPSA) is 84.9 Å². The number of aryl methyl sites for hydroxylation is 1. The second kappa shape index (κ2) is 12.2. The largest absolute Gasteiger partial charge is 0.494 e. The fourth-order valence-corrected chi connectivity index (χ4v) is 3.90. The van der Waals surface area contributed by atoms with Crippen LogP contribution in [0, 0.1) is 0 Å². The molecule has 0 aromatic heterocycles. The van der Waals surface area contributed by atoms with Gasteiger partial charge < -0.3 is 14.8 Å². The second-order valence-corrected chi connectivity index (χ2v) is 9.02. The van der Waals surface area contributed by atoms with Crippen molar-refractivity contribution in [1.82, 2.24) is 5.32 Å². The predicted molar refractivity (Wildman–Crippen MR) is 123 cm³/mol. The van der Waals surface area contributed by atoms with E-state index in [0.717, 1.165) is 41.1 Å². The van der Waals surface area contributed by atoms with E-state index in [1.165, 1.54) is 0 Å². The van der Waals surface area contributed by atoms with Crippen LogP contribution in [0.5, 0.6) is 11.5 Å². The van der Waals surface area contributed by atoms with Crippen molar-refractivity contribution in [3.8, 4) is 11.5 Å². The van der Waals surface area contributed by atoms with E-state index >= 15 is 0 Å². The molecule has 8 heteroatoms. The maximum Gasteiger partial charge on any atom is 0.240 e. The third kappa shape index (κ3) is 8.13. The van der Waals surface area contributed by atoms with Gasteiger partial charge in [0.05, 0.1) is 25.2 Å². The zero-order chi connectivity index (χ0) is 22.7. The fourth-order valence-electron chi connectivity index (χ4n) is 3.05. The molecule has 170 valence electrons. The second-order valence-electron chi connectivity index (χ2n) is 7.11. The van der Waals surface area contributed by atoms with Gasteiger partial charge in [0.2, 0.25) is 15.9 Å². The van der Waals surface area contributed by atoms with E-state index in [2.05, 4.69) is 12.2 Å². The first-order valence-corrected chi connectivity index (χ1v) is 12.4. The normalized spacial score (nSPS) is 11.1. The highest BCUT2D eigenvalue weighted by Crippen LogP contribution is 2.23. The molecular weight excluding hydrogens is 416 g/mol. The zero-order valence-corrected chi connectivity index (χ0v) is 19.3. The number of para-hydroxylation sites is 1. The molecule has 2 rings (SSSR count). The van der Waals surface area contributed by atoms with Crippen LogP contribution in [0.25, 0.3) is 0 Å². The lowest BCUT2D eigenvalue weighted by Gasteiger charge is -2.22. The summed E-state index contributed by atoms with van der Waals surface area (Å²) in [5.41, 5.74) is 1.49. The van der Waals surface area contributed by atoms with E-state index in [4.69, 9.17) is 9.47 Å². The Kier molecular flexibility index (Phi) is 9.65. The van der Waals surface area contributed by atoms with Crippen molar-refractivity contribution in [3.05, 3.63) is 54.1 Å². The summed E-state index contributed by atoms with van der Waals surface area (Å²) < 4.78 is 36.8. The fraction of sp³-hybridized carbons (Fsp3) is 0.435. The molecule has 0 atom stereocenters. The number of sulfonamides is 1. The van der Waals surface area contributed by atoms with Crippen LogP contribution in [0.4, 0.5) is 5.69 Å². The number of amides is 1. The summed E-state index contributed by atoms with van der Waals surface area (Å²) in [5, 5.41) is 2.81. The zero-order valence-electron chi connectivity index (χ0n) is 18.5. The average Bonchev–Trinajstić information content (AvgIpc) is 2.74. The van der Waals surface area contributed by atoms with Gasteiger partial charge in [0, 0.05) is 12.6 Å². The average molecular weight is 449 g/mol. The Morgan fingerprint density at radius 3 is 2.55 bits per heavy atom. The lowest BCUT2D eigenvalue weighted by Crippen LogP contribution is -2.40. The smallest absolute Gasteiger partial charge is 0.240 e. The number of hydrogen-bond acceptors (Lipinski definition) is 5. The predicted octanol–water partition coefficient (Wildman–Crippen LogP) is 3.39. The van der Waals surface area contributed by atoms with Gasteiger partial charge in [-0.15, -0.1) is 0 Å². The van der Waals surface area contributed by atoms with E-state index in [1.807, 2.05) is 31.2 Å². The first kappa shape index (κ1) is 24.5. The third-order valence-corrected chi connectivity index (χ3v) is 5.62. The number of anilines is 1. The molecule has 0 fully saturated rings. The van der Waals surface area contributed by atoms with E-state index in [-0.39, 0.29) is 12.5 Å². The van der Waals surface area contributed by atoms with E-state index < -0.39 is 10.0 Å². The van der Waals surface area contributed by atoms with Crippen LogP contribution < -0.4 is 19.1 Å². The maximum atomic E-state index is 12.4. The van der Waals surface area contributed by atoms with Crippen LogP contribution in [-0.4, -0.2) is 46.9 Å². The van der Waals surface area contributed by atoms with Crippen molar-refractivity contribution in [1.29, 1.82) is 0 Å². The molecule has 1 N–H and O–H groups in total. The van der Waals surface area contributed by atoms with Crippen molar-refractivity contribution in [3.63, 3.8) is 0 Å². The summed E-state index contributed by atoms with van der Waals surface area (Å²) in [6, 6.07) is 14.6. The number of carbonyl (C=O) groups excluding carboxylic acids is 1. The van der Waals surface area contributed by atoms with Gasteiger partial charge >= 0.3 is 0 Å². The molecule has 7 nitrogen and oxygen atoms in total. The molecule has 2 aromatic rings. The van der Waals surface area contributed by atoms with E-state index in [1.54, 1.807) is 24.3 Å². The molecule has 0 unspecified atom stereocenters. The highest BCUT2D eigenvalue weighted by Gasteiger charge is 2.21. The summed E-state index contributed by atoms with van der Waals surface area (Å²) in [7, 11) is -3.63. The maximum absolute atomic E-state index is 12.4. The quantitative estimate of drug-likeness (QED) is 0.475. The molecule has 31 heavy (non-hydrogen) atoms. The van der Waals surface area contributed by atoms with Gasteiger partial charge in [-0.1, -0.05) is 31.2 Å². The van der Waals surface area contributed by atoms with Gasteiger partial charge in [0.25, 0.3) is 0 Å². The van der Waals surface area contributed by atoms with Gasteiger partial charge in [-0.2, -0.15) is 0 Å². The summed E-state index contributed by atoms with van der Waals surface area (Å²) in [6.45, 7) is 5.20. The monoisotopic (exact) mass is 448 g/mol. The molecule has 0 spiro atoms. The summed E-state index contributed by atoms with van der Waals surface area (Å²) >= 11 is 0. The third-order valence-electron chi connectivity index (χ3n) is 4.48. The van der Waals surface area contributed by atoms with Gasteiger partial charge in [0.1, 0.15) is 18.0 Å². The summed E-state index contributed by atoms with van der Waals surface area (Å²) in [6.07, 6.45) is 3.50. The number of nitrogens with one attached hydrogen (secondary N) is 1. The van der Waals surface area contributed by atoms with E-state index in [0.29, 0.717) is 31.2 Å². The molecule has 0 saturated heterocycles. The van der Waals surface area contributed by atoms with Gasteiger partial charge in [-0.05, 0) is 49.9 Å². The Morgan fingerprint density at radius 1 is 1.06 bits per heavy atom. The first-order chi connectivity index (χ1) is 14.8. The van der Waals surface area contributed by atoms with Crippen LogP contribution in [0.3, 0.4) is 0 Å². The SMILES string of the molecule is CCCOc1ccccc1CCCNC(=O)CN(c1cccc(OCC)c1)S(C)(=O)=O. The standard InChI is InChI=1S/C23H32N2O5S/c1-4-16-30-22-14-7-6-10-19(22)11-9-15-24-23(26)18-25(31(3,27)28)20-12-8-13-21(17-20)29-5-2/h6-8,10,12-14,17H,4-5,9,11,15-16,18H2,1-3H3,(H,24,26). The van der Waals surface area contributed by atoms with E-state index in [9.17, 15) is 13.2 Å². The molecule has 0 heterocycles. The molecule has 0 aliphatic heterocycles. The minimum Gasteiger partial charge on any atom is -0.494 e. The Balaban J connectivity index is 1.92. The van der Waals surface area contributed by atoms with Crippen molar-refractivity contribution in [2.75, 3.05) is 36.9 Å². The first-order valence-electron chi connectivity index (χ1n) is 10.5. The van der Waals surface area contributed by atoms with Crippen LogP contribution in [0.2, 0.25) is 0 Å². The number of rotatable bonds is 13. The lowest BCUT2D eigenvalue weighted by atomic mass is 10.1. The molecular formula is C23H32N2O5S. The number of carbonyl (C=O) groups is 1. The molecule has 0 radical (unpaired) electrons. The minimum atomic E-state index is -3.63. The van der Waals surface area contributed by atoms with Crippen LogP contribution in [0.1, 0.15) is 32.3 Å². The number of nitrogens with zero attached hydrogens (tertiary/aromatic N) is 1. The molecule has 0 bridgehead atoms. The van der Waals surface area contributed by atoms with Crippen LogP contribution >= 0.6 is 0 Å². The number of hydrogen-bond donors (Lipinski definition) is 1. The summed E-state index contributed by atoms with van der Waals surface area (Å²) in [5.74, 6) is 1.06.